The molecule has 2 rings (SSSR count). The Hall–Kier alpha value is -0.830. The van der Waals surface area contributed by atoms with E-state index in [0.29, 0.717) is 21.2 Å². The largest absolute Gasteiger partial charge is 0.222 e. The van der Waals surface area contributed by atoms with E-state index in [0.717, 1.165) is 0 Å². The molecule has 0 N–H and O–H groups in total. The fourth-order valence-electron chi connectivity index (χ4n) is 1.32. The Bertz CT molecular complexity index is 493. The molecule has 0 saturated heterocycles. The van der Waals surface area contributed by atoms with E-state index in [2.05, 4.69) is 4.98 Å². The summed E-state index contributed by atoms with van der Waals surface area (Å²) in [5, 5.41) is 0.970. The lowest BCUT2D eigenvalue weighted by molar-refractivity contribution is 0.588. The van der Waals surface area contributed by atoms with Gasteiger partial charge in [-0.05, 0) is 24.3 Å². The molecule has 1 heterocycles. The van der Waals surface area contributed by atoms with E-state index in [4.69, 9.17) is 34.8 Å². The van der Waals surface area contributed by atoms with Crippen LogP contribution in [0.2, 0.25) is 15.2 Å². The highest BCUT2D eigenvalue weighted by Gasteiger charge is 2.10. The standard InChI is InChI=1S/C11H5Cl3FN/c12-6-1-2-7(9(13)5-6)8-3-4-10(14)16-11(8)15/h1-5H. The third kappa shape index (κ3) is 2.29. The van der Waals surface area contributed by atoms with Crippen LogP contribution in [-0.2, 0) is 0 Å². The quantitative estimate of drug-likeness (QED) is 0.679. The summed E-state index contributed by atoms with van der Waals surface area (Å²) in [6.07, 6.45) is 0. The minimum Gasteiger partial charge on any atom is -0.207 e. The van der Waals surface area contributed by atoms with Crippen molar-refractivity contribution in [3.63, 3.8) is 0 Å². The van der Waals surface area contributed by atoms with E-state index in [-0.39, 0.29) is 5.15 Å². The third-order valence-corrected chi connectivity index (χ3v) is 2.79. The Morgan fingerprint density at radius 2 is 1.62 bits per heavy atom. The van der Waals surface area contributed by atoms with Gasteiger partial charge in [0.1, 0.15) is 5.15 Å². The molecule has 82 valence electrons. The second-order valence-electron chi connectivity index (χ2n) is 3.10. The molecule has 0 unspecified atom stereocenters. The second kappa shape index (κ2) is 4.58. The predicted octanol–water partition coefficient (Wildman–Crippen LogP) is 4.85. The lowest BCUT2D eigenvalue weighted by Crippen LogP contribution is -1.89. The average Bonchev–Trinajstić information content (AvgIpc) is 2.19. The van der Waals surface area contributed by atoms with Gasteiger partial charge in [0.15, 0.2) is 0 Å². The van der Waals surface area contributed by atoms with Crippen molar-refractivity contribution in [2.45, 2.75) is 0 Å². The molecule has 0 aliphatic rings. The highest BCUT2D eigenvalue weighted by Crippen LogP contribution is 2.31. The zero-order chi connectivity index (χ0) is 11.7. The summed E-state index contributed by atoms with van der Waals surface area (Å²) in [5.41, 5.74) is 0.832. The highest BCUT2D eigenvalue weighted by molar-refractivity contribution is 6.36. The molecule has 16 heavy (non-hydrogen) atoms. The van der Waals surface area contributed by atoms with Crippen molar-refractivity contribution in [2.75, 3.05) is 0 Å². The first-order chi connectivity index (χ1) is 7.58. The summed E-state index contributed by atoms with van der Waals surface area (Å²) in [6, 6.07) is 7.85. The fraction of sp³-hybridized carbons (Fsp3) is 0. The number of benzene rings is 1. The van der Waals surface area contributed by atoms with E-state index in [1.54, 1.807) is 18.2 Å². The van der Waals surface area contributed by atoms with E-state index in [9.17, 15) is 4.39 Å². The Morgan fingerprint density at radius 1 is 0.938 bits per heavy atom. The van der Waals surface area contributed by atoms with E-state index >= 15 is 0 Å². The molecule has 2 aromatic rings. The van der Waals surface area contributed by atoms with Gasteiger partial charge in [-0.1, -0.05) is 40.9 Å². The normalized spacial score (nSPS) is 10.5. The molecule has 0 saturated carbocycles. The van der Waals surface area contributed by atoms with Crippen LogP contribution in [0.3, 0.4) is 0 Å². The summed E-state index contributed by atoms with van der Waals surface area (Å²) in [4.78, 5) is 3.52. The molecule has 0 spiro atoms. The van der Waals surface area contributed by atoms with Gasteiger partial charge in [0.2, 0.25) is 5.95 Å². The van der Waals surface area contributed by atoms with Gasteiger partial charge in [-0.2, -0.15) is 4.39 Å². The molecular formula is C11H5Cl3FN. The zero-order valence-corrected chi connectivity index (χ0v) is 10.1. The van der Waals surface area contributed by atoms with Crippen molar-refractivity contribution in [2.24, 2.45) is 0 Å². The van der Waals surface area contributed by atoms with Crippen LogP contribution in [0.1, 0.15) is 0 Å². The SMILES string of the molecule is Fc1nc(Cl)ccc1-c1ccc(Cl)cc1Cl. The molecule has 0 atom stereocenters. The molecular weight excluding hydrogens is 271 g/mol. The Kier molecular flexibility index (Phi) is 3.33. The summed E-state index contributed by atoms with van der Waals surface area (Å²) < 4.78 is 13.5. The predicted molar refractivity (Wildman–Crippen MR) is 64.7 cm³/mol. The third-order valence-electron chi connectivity index (χ3n) is 2.04. The van der Waals surface area contributed by atoms with Crippen molar-refractivity contribution in [1.29, 1.82) is 0 Å². The number of halogens is 4. The summed E-state index contributed by atoms with van der Waals surface area (Å²) >= 11 is 17.3. The van der Waals surface area contributed by atoms with Crippen LogP contribution in [0.25, 0.3) is 11.1 Å². The maximum Gasteiger partial charge on any atom is 0.222 e. The molecule has 0 radical (unpaired) electrons. The first kappa shape index (κ1) is 11.6. The molecule has 0 bridgehead atoms. The van der Waals surface area contributed by atoms with Crippen molar-refractivity contribution < 1.29 is 4.39 Å². The zero-order valence-electron chi connectivity index (χ0n) is 7.85. The van der Waals surface area contributed by atoms with Crippen LogP contribution in [0, 0.1) is 5.95 Å². The lowest BCUT2D eigenvalue weighted by atomic mass is 10.1. The van der Waals surface area contributed by atoms with E-state index in [1.165, 1.54) is 12.1 Å². The van der Waals surface area contributed by atoms with Crippen molar-refractivity contribution >= 4 is 34.8 Å². The minimum absolute atomic E-state index is 0.103. The highest BCUT2D eigenvalue weighted by atomic mass is 35.5. The molecule has 1 aromatic carbocycles. The van der Waals surface area contributed by atoms with Gasteiger partial charge in [0.25, 0.3) is 0 Å². The number of rotatable bonds is 1. The molecule has 0 amide bonds. The first-order valence-corrected chi connectivity index (χ1v) is 5.49. The van der Waals surface area contributed by atoms with Crippen LogP contribution in [0.4, 0.5) is 4.39 Å². The first-order valence-electron chi connectivity index (χ1n) is 4.35. The number of hydrogen-bond acceptors (Lipinski definition) is 1. The minimum atomic E-state index is -0.656. The summed E-state index contributed by atoms with van der Waals surface area (Å²) in [5.74, 6) is -0.656. The van der Waals surface area contributed by atoms with Crippen LogP contribution >= 0.6 is 34.8 Å². The molecule has 0 fully saturated rings. The molecule has 0 aliphatic carbocycles. The van der Waals surface area contributed by atoms with Gasteiger partial charge in [0.05, 0.1) is 5.02 Å². The van der Waals surface area contributed by atoms with Crippen LogP contribution in [0.15, 0.2) is 30.3 Å². The summed E-state index contributed by atoms with van der Waals surface area (Å²) in [7, 11) is 0. The fourth-order valence-corrected chi connectivity index (χ4v) is 1.97. The molecule has 0 aliphatic heterocycles. The lowest BCUT2D eigenvalue weighted by Gasteiger charge is -2.05. The number of hydrogen-bond donors (Lipinski definition) is 0. The Morgan fingerprint density at radius 3 is 2.25 bits per heavy atom. The van der Waals surface area contributed by atoms with Gasteiger partial charge < -0.3 is 0 Å². The molecule has 1 nitrogen and oxygen atoms in total. The van der Waals surface area contributed by atoms with Gasteiger partial charge in [0, 0.05) is 16.1 Å². The molecule has 5 heteroatoms. The number of pyridine rings is 1. The van der Waals surface area contributed by atoms with E-state index < -0.39 is 5.95 Å². The second-order valence-corrected chi connectivity index (χ2v) is 4.33. The summed E-state index contributed by atoms with van der Waals surface area (Å²) in [6.45, 7) is 0. The van der Waals surface area contributed by atoms with Crippen molar-refractivity contribution in [3.05, 3.63) is 51.5 Å². The van der Waals surface area contributed by atoms with Crippen LogP contribution < -0.4 is 0 Å². The van der Waals surface area contributed by atoms with Gasteiger partial charge in [-0.25, -0.2) is 4.98 Å². The molecule has 1 aromatic heterocycles. The van der Waals surface area contributed by atoms with Gasteiger partial charge in [-0.3, -0.25) is 0 Å². The average molecular weight is 277 g/mol. The Balaban J connectivity index is 2.59. The van der Waals surface area contributed by atoms with Crippen molar-refractivity contribution in [3.8, 4) is 11.1 Å². The van der Waals surface area contributed by atoms with E-state index in [1.807, 2.05) is 0 Å². The van der Waals surface area contributed by atoms with Gasteiger partial charge >= 0.3 is 0 Å². The van der Waals surface area contributed by atoms with Crippen molar-refractivity contribution in [1.82, 2.24) is 4.98 Å². The maximum atomic E-state index is 13.5. The number of nitrogens with zero attached hydrogens (tertiary/aromatic N) is 1. The maximum absolute atomic E-state index is 13.5. The Labute approximate surface area is 107 Å². The van der Waals surface area contributed by atoms with Crippen LogP contribution in [0.5, 0.6) is 0 Å². The number of aromatic nitrogens is 1. The smallest absolute Gasteiger partial charge is 0.207 e. The topological polar surface area (TPSA) is 12.9 Å². The van der Waals surface area contributed by atoms with Crippen LogP contribution in [-0.4, -0.2) is 4.98 Å². The monoisotopic (exact) mass is 275 g/mol. The van der Waals surface area contributed by atoms with Gasteiger partial charge in [-0.15, -0.1) is 0 Å².